The average molecular weight is 395 g/mol. The van der Waals surface area contributed by atoms with Crippen molar-refractivity contribution in [3.63, 3.8) is 0 Å². The molecule has 3 atom stereocenters. The van der Waals surface area contributed by atoms with E-state index in [2.05, 4.69) is 59.2 Å². The topological polar surface area (TPSA) is 48.1 Å². The van der Waals surface area contributed by atoms with Crippen LogP contribution in [0.1, 0.15) is 13.8 Å². The summed E-state index contributed by atoms with van der Waals surface area (Å²) in [5, 5.41) is 10.4. The van der Waals surface area contributed by atoms with E-state index in [9.17, 15) is 13.2 Å². The molecule has 23 heavy (non-hydrogen) atoms. The molecule has 0 bridgehead atoms. The maximum absolute atomic E-state index is 14.7. The van der Waals surface area contributed by atoms with Crippen LogP contribution in [0.2, 0.25) is 0 Å². The summed E-state index contributed by atoms with van der Waals surface area (Å²) >= 11 is 11.8. The fraction of sp³-hybridized carbons (Fsp3) is 1.00. The smallest absolute Gasteiger partial charge is 0.183 e. The second kappa shape index (κ2) is 11.3. The van der Waals surface area contributed by atoms with Gasteiger partial charge in [0, 0.05) is 36.9 Å². The Hall–Kier alpha value is 0.680. The van der Waals surface area contributed by atoms with Gasteiger partial charge in [0.15, 0.2) is 17.4 Å². The number of hydrogen-bond acceptors (Lipinski definition) is 7. The molecule has 0 aliphatic rings. The summed E-state index contributed by atoms with van der Waals surface area (Å²) in [6, 6.07) is 0. The van der Waals surface area contributed by atoms with Crippen LogP contribution in [0.15, 0.2) is 0 Å². The SMILES string of the molecule is CCNC[C@@](F)(CS)NC[C@@](F)(CS)NC[C@@](F)(CS)NCC. The van der Waals surface area contributed by atoms with E-state index in [1.807, 2.05) is 6.92 Å². The first-order chi connectivity index (χ1) is 10.7. The normalized spacial score (nSPS) is 19.8. The van der Waals surface area contributed by atoms with Gasteiger partial charge >= 0.3 is 0 Å². The van der Waals surface area contributed by atoms with Crippen LogP contribution >= 0.6 is 37.9 Å². The second-order valence-electron chi connectivity index (χ2n) is 5.39. The molecule has 10 heteroatoms. The minimum atomic E-state index is -2.06. The van der Waals surface area contributed by atoms with E-state index in [0.29, 0.717) is 13.1 Å². The van der Waals surface area contributed by atoms with E-state index in [4.69, 9.17) is 0 Å². The van der Waals surface area contributed by atoms with Gasteiger partial charge in [-0.05, 0) is 13.1 Å². The summed E-state index contributed by atoms with van der Waals surface area (Å²) in [5.41, 5.74) is 0. The summed E-state index contributed by atoms with van der Waals surface area (Å²) in [6.45, 7) is 3.87. The van der Waals surface area contributed by atoms with E-state index in [1.165, 1.54) is 0 Å². The third kappa shape index (κ3) is 9.08. The van der Waals surface area contributed by atoms with Crippen molar-refractivity contribution in [2.45, 2.75) is 31.2 Å². The number of alkyl halides is 3. The van der Waals surface area contributed by atoms with Crippen molar-refractivity contribution in [3.8, 4) is 0 Å². The van der Waals surface area contributed by atoms with Gasteiger partial charge in [0.2, 0.25) is 0 Å². The van der Waals surface area contributed by atoms with Crippen molar-refractivity contribution in [1.29, 1.82) is 0 Å². The predicted octanol–water partition coefficient (Wildman–Crippen LogP) is 1.17. The maximum Gasteiger partial charge on any atom is 0.183 e. The first-order valence-electron chi connectivity index (χ1n) is 7.57. The minimum absolute atomic E-state index is 0.00324. The number of halogens is 3. The Kier molecular flexibility index (Phi) is 11.7. The molecule has 0 aromatic rings. The summed E-state index contributed by atoms with van der Waals surface area (Å²) in [4.78, 5) is 0. The average Bonchev–Trinajstić information content (AvgIpc) is 2.56. The molecule has 0 heterocycles. The fourth-order valence-corrected chi connectivity index (χ4v) is 2.43. The number of likely N-dealkylation sites (N-methyl/N-ethyl adjacent to an activating group) is 2. The largest absolute Gasteiger partial charge is 0.313 e. The van der Waals surface area contributed by atoms with E-state index in [0.717, 1.165) is 0 Å². The van der Waals surface area contributed by atoms with Crippen LogP contribution in [0.3, 0.4) is 0 Å². The zero-order valence-corrected chi connectivity index (χ0v) is 16.3. The molecule has 4 N–H and O–H groups in total. The lowest BCUT2D eigenvalue weighted by Crippen LogP contribution is -2.62. The number of thiol groups is 3. The minimum Gasteiger partial charge on any atom is -0.313 e. The molecular weight excluding hydrogens is 365 g/mol. The standard InChI is InChI=1S/C13H29F3N4S3/c1-3-17-5-11(14,8-21)19-7-13(16,10-23)20-6-12(15,9-22)18-4-2/h17-23H,3-10H2,1-2H3/t11-,12-,13-/m0/s1. The summed E-state index contributed by atoms with van der Waals surface area (Å²) in [6.07, 6.45) is 0. The van der Waals surface area contributed by atoms with Gasteiger partial charge in [0.25, 0.3) is 0 Å². The Labute approximate surface area is 153 Å². The molecule has 0 amide bonds. The second-order valence-corrected chi connectivity index (χ2v) is 6.34. The van der Waals surface area contributed by atoms with Crippen molar-refractivity contribution in [1.82, 2.24) is 21.3 Å². The van der Waals surface area contributed by atoms with Crippen LogP contribution < -0.4 is 21.3 Å². The van der Waals surface area contributed by atoms with Gasteiger partial charge in [-0.3, -0.25) is 16.0 Å². The first kappa shape index (κ1) is 23.7. The highest BCUT2D eigenvalue weighted by Crippen LogP contribution is 2.16. The molecule has 0 aliphatic carbocycles. The van der Waals surface area contributed by atoms with Gasteiger partial charge in [-0.1, -0.05) is 13.8 Å². The molecule has 0 aromatic carbocycles. The molecule has 0 aliphatic heterocycles. The Morgan fingerprint density at radius 2 is 1.04 bits per heavy atom. The Balaban J connectivity index is 4.64. The van der Waals surface area contributed by atoms with Crippen molar-refractivity contribution < 1.29 is 13.2 Å². The van der Waals surface area contributed by atoms with Crippen LogP contribution in [-0.2, 0) is 0 Å². The predicted molar refractivity (Wildman–Crippen MR) is 101 cm³/mol. The third-order valence-corrected chi connectivity index (χ3v) is 4.78. The molecule has 0 saturated carbocycles. The van der Waals surface area contributed by atoms with Gasteiger partial charge in [-0.25, -0.2) is 13.2 Å². The molecule has 0 saturated heterocycles. The zero-order chi connectivity index (χ0) is 18.0. The molecular formula is C13H29F3N4S3. The van der Waals surface area contributed by atoms with Gasteiger partial charge in [0.1, 0.15) is 0 Å². The fourth-order valence-electron chi connectivity index (χ4n) is 1.76. The molecule has 0 spiro atoms. The highest BCUT2D eigenvalue weighted by atomic mass is 32.1. The molecule has 0 fully saturated rings. The van der Waals surface area contributed by atoms with Crippen LogP contribution in [0.25, 0.3) is 0 Å². The van der Waals surface area contributed by atoms with Gasteiger partial charge in [-0.15, -0.1) is 0 Å². The number of nitrogens with one attached hydrogen (secondary N) is 4. The molecule has 0 unspecified atom stereocenters. The van der Waals surface area contributed by atoms with Gasteiger partial charge in [0.05, 0.1) is 0 Å². The van der Waals surface area contributed by atoms with Crippen molar-refractivity contribution in [3.05, 3.63) is 0 Å². The lowest BCUT2D eigenvalue weighted by molar-refractivity contribution is 0.0570. The quantitative estimate of drug-likeness (QED) is 0.179. The summed E-state index contributed by atoms with van der Waals surface area (Å²) < 4.78 is 43.5. The van der Waals surface area contributed by atoms with Gasteiger partial charge < -0.3 is 5.32 Å². The van der Waals surface area contributed by atoms with E-state index >= 15 is 0 Å². The zero-order valence-electron chi connectivity index (χ0n) is 13.6. The van der Waals surface area contributed by atoms with Crippen LogP contribution in [0, 0.1) is 0 Å². The van der Waals surface area contributed by atoms with Crippen molar-refractivity contribution >= 4 is 37.9 Å². The molecule has 4 nitrogen and oxygen atoms in total. The molecule has 0 radical (unpaired) electrons. The monoisotopic (exact) mass is 394 g/mol. The molecule has 140 valence electrons. The maximum atomic E-state index is 14.7. The van der Waals surface area contributed by atoms with E-state index < -0.39 is 17.4 Å². The molecule has 0 aromatic heterocycles. The third-order valence-electron chi connectivity index (χ3n) is 3.27. The lowest BCUT2D eigenvalue weighted by Gasteiger charge is -2.34. The van der Waals surface area contributed by atoms with Crippen LogP contribution in [-0.4, -0.2) is 67.4 Å². The Bertz CT molecular complexity index is 333. The lowest BCUT2D eigenvalue weighted by atomic mass is 10.2. The van der Waals surface area contributed by atoms with E-state index in [-0.39, 0.29) is 36.9 Å². The number of hydrogen-bond donors (Lipinski definition) is 7. The van der Waals surface area contributed by atoms with Crippen LogP contribution in [0.4, 0.5) is 13.2 Å². The highest BCUT2D eigenvalue weighted by molar-refractivity contribution is 7.80. The molecule has 0 rings (SSSR count). The van der Waals surface area contributed by atoms with Gasteiger partial charge in [-0.2, -0.15) is 37.9 Å². The van der Waals surface area contributed by atoms with Crippen molar-refractivity contribution in [2.24, 2.45) is 0 Å². The Morgan fingerprint density at radius 1 is 0.652 bits per heavy atom. The van der Waals surface area contributed by atoms with Crippen LogP contribution in [0.5, 0.6) is 0 Å². The van der Waals surface area contributed by atoms with Crippen molar-refractivity contribution in [2.75, 3.05) is 50.0 Å². The number of rotatable bonds is 14. The van der Waals surface area contributed by atoms with E-state index in [1.54, 1.807) is 6.92 Å². The first-order valence-corrected chi connectivity index (χ1v) is 9.47. The highest BCUT2D eigenvalue weighted by Gasteiger charge is 2.37. The summed E-state index contributed by atoms with van der Waals surface area (Å²) in [7, 11) is 0. The Morgan fingerprint density at radius 3 is 1.39 bits per heavy atom. The summed E-state index contributed by atoms with van der Waals surface area (Å²) in [5.74, 6) is -6.25.